The number of carboxylic acid groups (broad SMARTS) is 2. The van der Waals surface area contributed by atoms with E-state index in [-0.39, 0.29) is 91.8 Å². The summed E-state index contributed by atoms with van der Waals surface area (Å²) in [5.41, 5.74) is 0.935. The van der Waals surface area contributed by atoms with Crippen LogP contribution in [-0.2, 0) is 58.8 Å². The van der Waals surface area contributed by atoms with Crippen LogP contribution in [0.25, 0.3) is 0 Å². The maximum absolute atomic E-state index is 14.4. The number of carbonyl (C=O) groups excluding carboxylic acids is 7. The highest BCUT2D eigenvalue weighted by molar-refractivity contribution is 7.61. The van der Waals surface area contributed by atoms with Crippen LogP contribution in [0.3, 0.4) is 0 Å². The van der Waals surface area contributed by atoms with Gasteiger partial charge in [-0.2, -0.15) is 0 Å². The highest BCUT2D eigenvalue weighted by Gasteiger charge is 2.38. The van der Waals surface area contributed by atoms with Gasteiger partial charge in [0.15, 0.2) is 25.0 Å². The van der Waals surface area contributed by atoms with Crippen molar-refractivity contribution in [1.82, 2.24) is 30.5 Å². The average Bonchev–Trinajstić information content (AvgIpc) is 3.90. The van der Waals surface area contributed by atoms with Gasteiger partial charge in [-0.05, 0) is 81.3 Å². The van der Waals surface area contributed by atoms with E-state index < -0.39 is 85.6 Å². The largest absolute Gasteiger partial charge is 0.506 e. The lowest BCUT2D eigenvalue weighted by Gasteiger charge is -2.37. The zero-order chi connectivity index (χ0) is 58.1. The Morgan fingerprint density at radius 2 is 1.69 bits per heavy atom. The Balaban J connectivity index is 1.63. The van der Waals surface area contributed by atoms with Crippen LogP contribution in [0.4, 0.5) is 5.69 Å². The van der Waals surface area contributed by atoms with E-state index in [0.717, 1.165) is 44.4 Å². The lowest BCUT2D eigenvalue weighted by Crippen LogP contribution is -2.48. The maximum atomic E-state index is 14.4. The zero-order valence-electron chi connectivity index (χ0n) is 46.1. The number of esters is 1. The lowest BCUT2D eigenvalue weighted by atomic mass is 9.83. The highest BCUT2D eigenvalue weighted by Crippen LogP contribution is 2.40. The number of aliphatic carboxylic acids is 2. The van der Waals surface area contributed by atoms with Crippen LogP contribution in [0.2, 0.25) is 0 Å². The molecular formula is C54H80N7O15PS. The van der Waals surface area contributed by atoms with Crippen molar-refractivity contribution in [2.24, 2.45) is 17.8 Å². The molecule has 1 saturated heterocycles. The standard InChI is InChI=1S/C54H80N7O15PS/c1-9-14-38(27-37-16-18-45(64)41(28-37)58-49(67)22-25-75-24-13-26-77(74,33-55-48(66)19-21-51(70)71)56-31-39(63)17-20-50(68)69)57-52(72)42-32-78-53(59-42)47(76-36(6)62)30-44(34(3)4)61(8)54(73)40(35(5)10-2)29-46(65)43-15-11-12-23-60(43)7/h16-21,28,32,34-35,38,40,43-44,47,64H,9-15,22-27,29-31,33H2,1-8H3,(H,55,66)(H,56,74)(H,57,72)(H,58,67)(H,68,69)(H,70,71)/b20-17-,21-19-/t35-,38+,40-,43+,44+,47+,77?/m0/s1. The molecule has 0 saturated carbocycles. The highest BCUT2D eigenvalue weighted by atomic mass is 32.1. The maximum Gasteiger partial charge on any atom is 0.328 e. The zero-order valence-corrected chi connectivity index (χ0v) is 47.8. The van der Waals surface area contributed by atoms with Crippen molar-refractivity contribution < 1.29 is 72.5 Å². The summed E-state index contributed by atoms with van der Waals surface area (Å²) in [5, 5.41) is 40.8. The van der Waals surface area contributed by atoms with Gasteiger partial charge in [-0.1, -0.05) is 59.9 Å². The van der Waals surface area contributed by atoms with Crippen LogP contribution in [0.15, 0.2) is 47.9 Å². The minimum atomic E-state index is -3.53. The minimum absolute atomic E-state index is 0.0138. The van der Waals surface area contributed by atoms with E-state index in [1.807, 2.05) is 41.7 Å². The molecule has 2 aromatic rings. The Morgan fingerprint density at radius 3 is 2.33 bits per heavy atom. The second-order valence-electron chi connectivity index (χ2n) is 20.1. The van der Waals surface area contributed by atoms with Gasteiger partial charge in [0.1, 0.15) is 16.5 Å². The number of ketones is 2. The third kappa shape index (κ3) is 23.1. The number of ether oxygens (including phenoxy) is 2. The normalized spacial score (nSPS) is 16.6. The number of likely N-dealkylation sites (N-methyl/N-ethyl adjacent to an activating group) is 1. The average molecular weight is 1130 g/mol. The van der Waals surface area contributed by atoms with Crippen molar-refractivity contribution in [3.8, 4) is 5.75 Å². The van der Waals surface area contributed by atoms with Crippen LogP contribution in [0.5, 0.6) is 5.75 Å². The number of amides is 4. The first kappa shape index (κ1) is 66.2. The number of rotatable bonds is 35. The molecule has 1 aliphatic rings. The summed E-state index contributed by atoms with van der Waals surface area (Å²) in [6.07, 6.45) is 6.80. The molecule has 1 fully saturated rings. The third-order valence-electron chi connectivity index (χ3n) is 13.5. The summed E-state index contributed by atoms with van der Waals surface area (Å²) in [4.78, 5) is 121. The number of nitrogens with zero attached hydrogens (tertiary/aromatic N) is 3. The molecule has 1 aliphatic heterocycles. The second-order valence-corrected chi connectivity index (χ2v) is 23.8. The van der Waals surface area contributed by atoms with Crippen LogP contribution >= 0.6 is 18.6 Å². The van der Waals surface area contributed by atoms with Gasteiger partial charge in [-0.3, -0.25) is 43.5 Å². The molecule has 22 nitrogen and oxygen atoms in total. The number of aromatic hydroxyl groups is 1. The predicted molar refractivity (Wildman–Crippen MR) is 294 cm³/mol. The van der Waals surface area contributed by atoms with Crippen LogP contribution in [-0.4, -0.2) is 154 Å². The van der Waals surface area contributed by atoms with Gasteiger partial charge in [0.2, 0.25) is 17.7 Å². The monoisotopic (exact) mass is 1130 g/mol. The van der Waals surface area contributed by atoms with Gasteiger partial charge >= 0.3 is 17.9 Å². The van der Waals surface area contributed by atoms with E-state index in [1.165, 1.54) is 24.3 Å². The molecule has 0 spiro atoms. The topological polar surface area (TPSA) is 317 Å². The fourth-order valence-corrected chi connectivity index (χ4v) is 11.8. The molecule has 24 heteroatoms. The second kappa shape index (κ2) is 33.3. The number of Topliss-reactive ketones (excluding diaryl/α,β-unsaturated/α-hetero) is 1. The van der Waals surface area contributed by atoms with Crippen LogP contribution in [0.1, 0.15) is 133 Å². The van der Waals surface area contributed by atoms with E-state index in [1.54, 1.807) is 29.5 Å². The van der Waals surface area contributed by atoms with Gasteiger partial charge in [-0.25, -0.2) is 14.6 Å². The molecule has 0 aliphatic carbocycles. The first-order valence-corrected chi connectivity index (χ1v) is 29.4. The number of phenolic OH excluding ortho intramolecular Hbond substituents is 1. The fourth-order valence-electron chi connectivity index (χ4n) is 9.01. The number of benzene rings is 1. The van der Waals surface area contributed by atoms with Crippen molar-refractivity contribution >= 4 is 77.4 Å². The van der Waals surface area contributed by atoms with Crippen LogP contribution in [0, 0.1) is 17.8 Å². The van der Waals surface area contributed by atoms with E-state index in [4.69, 9.17) is 19.7 Å². The summed E-state index contributed by atoms with van der Waals surface area (Å²) < 4.78 is 25.0. The first-order chi connectivity index (χ1) is 36.9. The Kier molecular flexibility index (Phi) is 28.3. The Labute approximate surface area is 461 Å². The number of hydrogen-bond acceptors (Lipinski definition) is 16. The SMILES string of the molecule is CCC[C@H](Cc1ccc(O)c(NC(=O)CCOCCCP(=O)(CNC(=O)/C=C\C(=O)O)NCC(=O)/C=C\C(=O)O)c1)NC(=O)c1csc([C@@H](C[C@H](C(C)C)N(C)C(=O)[C@@H](CC(=O)[C@H]2CCCCN2C)[C@@H](C)CC)OC(C)=O)n1. The van der Waals surface area contributed by atoms with E-state index in [2.05, 4.69) is 30.9 Å². The van der Waals surface area contributed by atoms with Crippen molar-refractivity contribution in [2.75, 3.05) is 58.2 Å². The number of hydrogen-bond donors (Lipinski definition) is 7. The van der Waals surface area contributed by atoms with Crippen molar-refractivity contribution in [1.29, 1.82) is 0 Å². The number of phenols is 1. The summed E-state index contributed by atoms with van der Waals surface area (Å²) >= 11 is 1.17. The number of thiazole rings is 1. The summed E-state index contributed by atoms with van der Waals surface area (Å²) in [6, 6.07) is 3.70. The first-order valence-electron chi connectivity index (χ1n) is 26.4. The number of likely N-dealkylation sites (tertiary alicyclic amines) is 1. The molecule has 0 radical (unpaired) electrons. The Morgan fingerprint density at radius 1 is 0.987 bits per heavy atom. The van der Waals surface area contributed by atoms with Gasteiger partial charge < -0.3 is 50.2 Å². The van der Waals surface area contributed by atoms with E-state index >= 15 is 0 Å². The van der Waals surface area contributed by atoms with Crippen LogP contribution < -0.4 is 21.0 Å². The predicted octanol–water partition coefficient (Wildman–Crippen LogP) is 6.10. The molecular weight excluding hydrogens is 1050 g/mol. The number of nitrogens with one attached hydrogen (secondary N) is 4. The number of carboxylic acids is 2. The quantitative estimate of drug-likeness (QED) is 0.0135. The molecule has 7 N–H and O–H groups in total. The smallest absolute Gasteiger partial charge is 0.328 e. The van der Waals surface area contributed by atoms with E-state index in [0.29, 0.717) is 42.0 Å². The summed E-state index contributed by atoms with van der Waals surface area (Å²) in [6.45, 7) is 11.5. The number of anilines is 1. The molecule has 0 bridgehead atoms. The molecule has 78 heavy (non-hydrogen) atoms. The molecule has 3 rings (SSSR count). The lowest BCUT2D eigenvalue weighted by molar-refractivity contribution is -0.149. The molecule has 2 heterocycles. The van der Waals surface area contributed by atoms with Gasteiger partial charge in [0.25, 0.3) is 5.91 Å². The Hall–Kier alpha value is -6.13. The molecule has 1 aromatic carbocycles. The van der Waals surface area contributed by atoms with Crippen molar-refractivity contribution in [3.05, 3.63) is 64.1 Å². The molecule has 1 unspecified atom stereocenters. The van der Waals surface area contributed by atoms with Crippen molar-refractivity contribution in [2.45, 2.75) is 136 Å². The Bertz CT molecular complexity index is 2450. The van der Waals surface area contributed by atoms with E-state index in [9.17, 15) is 52.8 Å². The van der Waals surface area contributed by atoms with Crippen molar-refractivity contribution in [3.63, 3.8) is 0 Å². The minimum Gasteiger partial charge on any atom is -0.506 e. The van der Waals surface area contributed by atoms with Gasteiger partial charge in [-0.15, -0.1) is 11.3 Å². The molecule has 7 atom stereocenters. The number of piperidine rings is 1. The van der Waals surface area contributed by atoms with Gasteiger partial charge in [0.05, 0.1) is 37.6 Å². The van der Waals surface area contributed by atoms with Gasteiger partial charge in [0, 0.05) is 81.2 Å². The molecule has 1 aromatic heterocycles. The number of carbonyl (C=O) groups is 9. The fraction of sp³-hybridized carbons (Fsp3) is 0.593. The summed E-state index contributed by atoms with van der Waals surface area (Å²) in [5.74, 6) is -6.66. The molecule has 4 amide bonds. The summed E-state index contributed by atoms with van der Waals surface area (Å²) in [7, 11) is 0.170. The number of aromatic nitrogens is 1. The molecule has 432 valence electrons. The third-order valence-corrected chi connectivity index (χ3v) is 16.9.